The van der Waals surface area contributed by atoms with Gasteiger partial charge in [-0.3, -0.25) is 23.7 Å². The molecule has 6 heterocycles. The molecule has 4 fully saturated rings. The van der Waals surface area contributed by atoms with E-state index in [0.29, 0.717) is 78.3 Å². The minimum atomic E-state index is -0.745. The van der Waals surface area contributed by atoms with Gasteiger partial charge in [-0.1, -0.05) is 65.7 Å². The number of hydrogen-bond acceptors (Lipinski definition) is 8. The van der Waals surface area contributed by atoms with Gasteiger partial charge in [-0.2, -0.15) is 0 Å². The first-order valence-electron chi connectivity index (χ1n) is 18.2. The smallest absolute Gasteiger partial charge is 0.310 e. The number of carbonyl (C=O) groups excluding carboxylic acids is 1. The molecule has 0 radical (unpaired) electrons. The zero-order chi connectivity index (χ0) is 37.6. The maximum Gasteiger partial charge on any atom is 0.310 e. The largest absolute Gasteiger partial charge is 0.481 e. The number of ether oxygens (including phenoxy) is 1. The molecule has 2 bridgehead atoms. The molecule has 9 rings (SSSR count). The molecular weight excluding hydrogens is 727 g/mol. The van der Waals surface area contributed by atoms with E-state index in [4.69, 9.17) is 32.9 Å². The first-order valence-corrected chi connectivity index (χ1v) is 19.0. The molecule has 0 unspecified atom stereocenters. The predicted molar refractivity (Wildman–Crippen MR) is 208 cm³/mol. The van der Waals surface area contributed by atoms with E-state index in [0.717, 1.165) is 52.6 Å². The Kier molecular flexibility index (Phi) is 9.91. The highest BCUT2D eigenvalue weighted by Crippen LogP contribution is 2.45. The molecule has 4 aliphatic rings. The van der Waals surface area contributed by atoms with Gasteiger partial charge in [0.2, 0.25) is 11.8 Å². The third-order valence-electron chi connectivity index (χ3n) is 11.3. The Hall–Kier alpha value is -4.81. The minimum absolute atomic E-state index is 0.0891. The van der Waals surface area contributed by atoms with Crippen LogP contribution in [0.5, 0.6) is 5.88 Å². The van der Waals surface area contributed by atoms with Crippen LogP contribution in [0.1, 0.15) is 49.7 Å². The summed E-state index contributed by atoms with van der Waals surface area (Å²) in [5.41, 5.74) is 5.41. The minimum Gasteiger partial charge on any atom is -0.481 e. The van der Waals surface area contributed by atoms with Crippen molar-refractivity contribution in [2.45, 2.75) is 63.7 Å². The number of methoxy groups -OCH3 is 1. The third kappa shape index (κ3) is 6.74. The molecule has 1 amide bonds. The van der Waals surface area contributed by atoms with Gasteiger partial charge in [0.15, 0.2) is 0 Å². The average molecular weight is 768 g/mol. The fraction of sp³-hybridized carbons (Fsp3) is 0.341. The molecule has 11 nitrogen and oxygen atoms in total. The zero-order valence-corrected chi connectivity index (χ0v) is 31.3. The summed E-state index contributed by atoms with van der Waals surface area (Å²) in [7, 11) is 1.59. The van der Waals surface area contributed by atoms with Gasteiger partial charge in [-0.05, 0) is 55.9 Å². The van der Waals surface area contributed by atoms with Crippen molar-refractivity contribution in [2.24, 2.45) is 5.41 Å². The van der Waals surface area contributed by atoms with Crippen molar-refractivity contribution in [1.82, 2.24) is 29.9 Å². The molecule has 3 aliphatic heterocycles. The summed E-state index contributed by atoms with van der Waals surface area (Å²) in [6.07, 6.45) is 7.74. The molecule has 1 aliphatic carbocycles. The number of carboxylic acid groups (broad SMARTS) is 1. The first kappa shape index (κ1) is 36.2. The number of aromatic nitrogens is 3. The van der Waals surface area contributed by atoms with E-state index in [1.807, 2.05) is 60.7 Å². The van der Waals surface area contributed by atoms with Gasteiger partial charge in [0.1, 0.15) is 5.65 Å². The second-order valence-electron chi connectivity index (χ2n) is 14.6. The molecular formula is C41H40Cl2N6O5. The van der Waals surface area contributed by atoms with Gasteiger partial charge in [0.05, 0.1) is 33.8 Å². The van der Waals surface area contributed by atoms with Crippen molar-refractivity contribution in [3.05, 3.63) is 105 Å². The SMILES string of the molecule is COc1nc(-c2cccc(-c3cccc(-c4ccn5c(=O)c(CN6CC7(C(=O)O)CCC6CC7)cnc5c4)c3Cl)c2Cl)ccc1CNC[C@@H]1CCC(=O)N1. The lowest BCUT2D eigenvalue weighted by atomic mass is 9.67. The maximum atomic E-state index is 13.6. The molecule has 3 aromatic heterocycles. The van der Waals surface area contributed by atoms with E-state index >= 15 is 0 Å². The van der Waals surface area contributed by atoms with Crippen LogP contribution in [0.15, 0.2) is 77.9 Å². The van der Waals surface area contributed by atoms with Gasteiger partial charge in [-0.25, -0.2) is 9.97 Å². The highest BCUT2D eigenvalue weighted by Gasteiger charge is 2.49. The van der Waals surface area contributed by atoms with Crippen molar-refractivity contribution >= 4 is 40.7 Å². The van der Waals surface area contributed by atoms with Crippen molar-refractivity contribution in [1.29, 1.82) is 0 Å². The van der Waals surface area contributed by atoms with Crippen LogP contribution in [0.25, 0.3) is 39.2 Å². The van der Waals surface area contributed by atoms with Crippen molar-refractivity contribution < 1.29 is 19.4 Å². The number of pyridine rings is 2. The predicted octanol–water partition coefficient (Wildman–Crippen LogP) is 6.60. The van der Waals surface area contributed by atoms with Gasteiger partial charge in [0.25, 0.3) is 5.56 Å². The van der Waals surface area contributed by atoms with Crippen molar-refractivity contribution in [2.75, 3.05) is 20.2 Å². The number of benzene rings is 2. The molecule has 3 saturated heterocycles. The Morgan fingerprint density at radius 1 is 0.981 bits per heavy atom. The fourth-order valence-electron chi connectivity index (χ4n) is 8.31. The number of nitrogens with zero attached hydrogens (tertiary/aromatic N) is 4. The molecule has 1 atom stereocenters. The van der Waals surface area contributed by atoms with Gasteiger partial charge in [0, 0.05) is 84.9 Å². The first-order chi connectivity index (χ1) is 26.1. The van der Waals surface area contributed by atoms with Crippen LogP contribution >= 0.6 is 23.2 Å². The summed E-state index contributed by atoms with van der Waals surface area (Å²) in [5, 5.41) is 17.3. The van der Waals surface area contributed by atoms with Crippen molar-refractivity contribution in [3.63, 3.8) is 0 Å². The summed E-state index contributed by atoms with van der Waals surface area (Å²) in [6, 6.07) is 19.5. The molecule has 13 heteroatoms. The lowest BCUT2D eigenvalue weighted by Crippen LogP contribution is -2.56. The summed E-state index contributed by atoms with van der Waals surface area (Å²) >= 11 is 14.2. The highest BCUT2D eigenvalue weighted by atomic mass is 35.5. The Labute approximate surface area is 322 Å². The normalized spacial score (nSPS) is 21.1. The number of amides is 1. The van der Waals surface area contributed by atoms with Crippen molar-refractivity contribution in [3.8, 4) is 39.4 Å². The van der Waals surface area contributed by atoms with Crippen LogP contribution in [-0.2, 0) is 22.7 Å². The number of fused-ring (bicyclic) bond motifs is 4. The number of carboxylic acids is 1. The number of aliphatic carboxylic acids is 1. The number of hydrogen-bond donors (Lipinski definition) is 3. The van der Waals surface area contributed by atoms with E-state index < -0.39 is 11.4 Å². The van der Waals surface area contributed by atoms with Gasteiger partial charge in [-0.15, -0.1) is 0 Å². The summed E-state index contributed by atoms with van der Waals surface area (Å²) in [5.74, 6) is -0.172. The zero-order valence-electron chi connectivity index (χ0n) is 29.8. The van der Waals surface area contributed by atoms with Crippen LogP contribution in [0.3, 0.4) is 0 Å². The van der Waals surface area contributed by atoms with Crippen LogP contribution in [0, 0.1) is 5.41 Å². The molecule has 54 heavy (non-hydrogen) atoms. The lowest BCUT2D eigenvalue weighted by molar-refractivity contribution is -0.160. The number of nitrogens with one attached hydrogen (secondary N) is 2. The van der Waals surface area contributed by atoms with Crippen LogP contribution in [-0.4, -0.2) is 68.5 Å². The second-order valence-corrected chi connectivity index (χ2v) is 15.3. The molecule has 5 aromatic rings. The topological polar surface area (TPSA) is 138 Å². The fourth-order valence-corrected chi connectivity index (χ4v) is 8.97. The van der Waals surface area contributed by atoms with Crippen LogP contribution in [0.4, 0.5) is 0 Å². The molecule has 0 spiro atoms. The monoisotopic (exact) mass is 766 g/mol. The maximum absolute atomic E-state index is 13.6. The quantitative estimate of drug-likeness (QED) is 0.136. The van der Waals surface area contributed by atoms with Crippen LogP contribution < -0.4 is 20.9 Å². The van der Waals surface area contributed by atoms with Gasteiger partial charge >= 0.3 is 5.97 Å². The van der Waals surface area contributed by atoms with E-state index in [9.17, 15) is 19.5 Å². The summed E-state index contributed by atoms with van der Waals surface area (Å²) in [4.78, 5) is 48.9. The second kappa shape index (κ2) is 14.8. The van der Waals surface area contributed by atoms with Crippen LogP contribution in [0.2, 0.25) is 10.0 Å². The van der Waals surface area contributed by atoms with E-state index in [1.165, 1.54) is 4.40 Å². The number of piperidine rings is 2. The Balaban J connectivity index is 1.03. The standard InChI is InChI=1S/C41H40Cl2N6O5/c1-54-38-25(19-44-21-27-9-11-35(50)46-27)8-10-33(47-38)32-7-3-6-31(37(32)43)30-5-2-4-29(36(30)42)24-14-17-49-34(18-24)45-20-26(39(49)51)22-48-23-41(40(52)53)15-12-28(48)13-16-41/h2-8,10,14,17-18,20,27-28,44H,9,11-13,15-16,19,21-23H2,1H3,(H,46,50)(H,52,53)/t27-,28?,41?/m0/s1. The van der Waals surface area contributed by atoms with E-state index in [1.54, 1.807) is 19.5 Å². The average Bonchev–Trinajstić information content (AvgIpc) is 3.61. The Morgan fingerprint density at radius 3 is 2.41 bits per heavy atom. The Morgan fingerprint density at radius 2 is 1.70 bits per heavy atom. The number of rotatable bonds is 11. The number of carbonyl (C=O) groups is 2. The van der Waals surface area contributed by atoms with E-state index in [2.05, 4.69) is 20.5 Å². The lowest BCUT2D eigenvalue weighted by Gasteiger charge is -2.50. The van der Waals surface area contributed by atoms with E-state index in [-0.39, 0.29) is 23.6 Å². The highest BCUT2D eigenvalue weighted by molar-refractivity contribution is 6.39. The Bertz CT molecular complexity index is 2340. The molecule has 1 saturated carbocycles. The molecule has 278 valence electrons. The van der Waals surface area contributed by atoms with Gasteiger partial charge < -0.3 is 20.5 Å². The summed E-state index contributed by atoms with van der Waals surface area (Å²) in [6.45, 7) is 2.02. The third-order valence-corrected chi connectivity index (χ3v) is 12.2. The summed E-state index contributed by atoms with van der Waals surface area (Å²) < 4.78 is 7.18. The molecule has 2 aromatic carbocycles. The molecule has 3 N–H and O–H groups in total. The number of halogens is 2.